The molecule has 19 heavy (non-hydrogen) atoms. The van der Waals surface area contributed by atoms with Gasteiger partial charge in [0.15, 0.2) is 0 Å². The first-order chi connectivity index (χ1) is 9.06. The molecular weight excluding hydrogens is 246 g/mol. The maximum atomic E-state index is 11.8. The molecule has 1 amide bonds. The van der Waals surface area contributed by atoms with Gasteiger partial charge in [-0.3, -0.25) is 14.9 Å². The van der Waals surface area contributed by atoms with Gasteiger partial charge in [-0.1, -0.05) is 12.1 Å². The molecule has 6 nitrogen and oxygen atoms in total. The molecule has 1 aliphatic carbocycles. The number of carbonyl (C=O) groups is 1. The van der Waals surface area contributed by atoms with Crippen molar-refractivity contribution in [3.63, 3.8) is 0 Å². The molecule has 2 rings (SSSR count). The molecule has 0 aromatic heterocycles. The minimum atomic E-state index is -0.457. The molecule has 0 radical (unpaired) electrons. The summed E-state index contributed by atoms with van der Waals surface area (Å²) < 4.78 is 0. The summed E-state index contributed by atoms with van der Waals surface area (Å²) >= 11 is 0. The standard InChI is InChI=1S/C13H17N3O3/c14-11-2-1-3-12(11)15-13(17)8-9-4-6-10(7-5-9)16(18)19/h4-7,11-12H,1-3,8,14H2,(H,15,17). The average molecular weight is 263 g/mol. The number of benzene rings is 1. The Bertz CT molecular complexity index is 473. The van der Waals surface area contributed by atoms with Crippen molar-refractivity contribution in [3.05, 3.63) is 39.9 Å². The number of rotatable bonds is 4. The highest BCUT2D eigenvalue weighted by molar-refractivity contribution is 5.79. The summed E-state index contributed by atoms with van der Waals surface area (Å²) in [5, 5.41) is 13.4. The van der Waals surface area contributed by atoms with Gasteiger partial charge < -0.3 is 11.1 Å². The molecular formula is C13H17N3O3. The van der Waals surface area contributed by atoms with Crippen LogP contribution in [0.1, 0.15) is 24.8 Å². The molecule has 1 fully saturated rings. The molecule has 102 valence electrons. The topological polar surface area (TPSA) is 98.3 Å². The molecule has 3 N–H and O–H groups in total. The lowest BCUT2D eigenvalue weighted by Crippen LogP contribution is -2.44. The van der Waals surface area contributed by atoms with E-state index in [9.17, 15) is 14.9 Å². The van der Waals surface area contributed by atoms with Crippen LogP contribution in [0, 0.1) is 10.1 Å². The summed E-state index contributed by atoms with van der Waals surface area (Å²) in [5.74, 6) is -0.0868. The van der Waals surface area contributed by atoms with Crippen LogP contribution in [-0.4, -0.2) is 22.9 Å². The lowest BCUT2D eigenvalue weighted by Gasteiger charge is -2.17. The monoisotopic (exact) mass is 263 g/mol. The molecule has 2 atom stereocenters. The van der Waals surface area contributed by atoms with Gasteiger partial charge in [0.2, 0.25) is 5.91 Å². The predicted molar refractivity (Wildman–Crippen MR) is 70.6 cm³/mol. The van der Waals surface area contributed by atoms with E-state index in [1.807, 2.05) is 0 Å². The van der Waals surface area contributed by atoms with E-state index in [0.29, 0.717) is 0 Å². The Hall–Kier alpha value is -1.95. The number of nitrogens with one attached hydrogen (secondary N) is 1. The predicted octanol–water partition coefficient (Wildman–Crippen LogP) is 1.13. The van der Waals surface area contributed by atoms with Gasteiger partial charge in [-0.05, 0) is 24.8 Å². The van der Waals surface area contributed by atoms with Crippen LogP contribution >= 0.6 is 0 Å². The highest BCUT2D eigenvalue weighted by Gasteiger charge is 2.25. The molecule has 0 spiro atoms. The van der Waals surface area contributed by atoms with Gasteiger partial charge in [0, 0.05) is 24.2 Å². The molecule has 6 heteroatoms. The van der Waals surface area contributed by atoms with Gasteiger partial charge >= 0.3 is 0 Å². The number of nitro groups is 1. The maximum Gasteiger partial charge on any atom is 0.269 e. The Labute approximate surface area is 111 Å². The fraction of sp³-hybridized carbons (Fsp3) is 0.462. The van der Waals surface area contributed by atoms with Crippen molar-refractivity contribution >= 4 is 11.6 Å². The number of hydrogen-bond acceptors (Lipinski definition) is 4. The zero-order chi connectivity index (χ0) is 13.8. The van der Waals surface area contributed by atoms with E-state index in [2.05, 4.69) is 5.32 Å². The van der Waals surface area contributed by atoms with Crippen LogP contribution in [0.2, 0.25) is 0 Å². The lowest BCUT2D eigenvalue weighted by molar-refractivity contribution is -0.384. The summed E-state index contributed by atoms with van der Waals surface area (Å²) in [4.78, 5) is 21.9. The minimum Gasteiger partial charge on any atom is -0.352 e. The van der Waals surface area contributed by atoms with Crippen LogP contribution < -0.4 is 11.1 Å². The Morgan fingerprint density at radius 3 is 2.58 bits per heavy atom. The molecule has 1 aromatic rings. The zero-order valence-electron chi connectivity index (χ0n) is 10.5. The van der Waals surface area contributed by atoms with Crippen LogP contribution in [0.25, 0.3) is 0 Å². The Morgan fingerprint density at radius 2 is 2.05 bits per heavy atom. The second kappa shape index (κ2) is 5.79. The van der Waals surface area contributed by atoms with Gasteiger partial charge in [-0.15, -0.1) is 0 Å². The van der Waals surface area contributed by atoms with Crippen LogP contribution in [-0.2, 0) is 11.2 Å². The number of hydrogen-bond donors (Lipinski definition) is 2. The van der Waals surface area contributed by atoms with Gasteiger partial charge in [-0.25, -0.2) is 0 Å². The number of nitrogens with two attached hydrogens (primary N) is 1. The molecule has 2 unspecified atom stereocenters. The largest absolute Gasteiger partial charge is 0.352 e. The second-order valence-electron chi connectivity index (χ2n) is 4.87. The van der Waals surface area contributed by atoms with Crippen molar-refractivity contribution < 1.29 is 9.72 Å². The summed E-state index contributed by atoms with van der Waals surface area (Å²) in [5.41, 5.74) is 6.67. The van der Waals surface area contributed by atoms with Gasteiger partial charge in [0.05, 0.1) is 11.3 Å². The van der Waals surface area contributed by atoms with E-state index in [1.165, 1.54) is 12.1 Å². The van der Waals surface area contributed by atoms with Gasteiger partial charge in [-0.2, -0.15) is 0 Å². The quantitative estimate of drug-likeness (QED) is 0.628. The Balaban J connectivity index is 1.89. The third-order valence-corrected chi connectivity index (χ3v) is 3.43. The van der Waals surface area contributed by atoms with E-state index in [1.54, 1.807) is 12.1 Å². The van der Waals surface area contributed by atoms with Crippen LogP contribution in [0.5, 0.6) is 0 Å². The number of nitrogens with zero attached hydrogens (tertiary/aromatic N) is 1. The number of carbonyl (C=O) groups excluding carboxylic acids is 1. The molecule has 0 bridgehead atoms. The summed E-state index contributed by atoms with van der Waals surface area (Å²) in [6.45, 7) is 0. The summed E-state index contributed by atoms with van der Waals surface area (Å²) in [7, 11) is 0. The normalized spacial score (nSPS) is 22.2. The molecule has 0 saturated heterocycles. The van der Waals surface area contributed by atoms with Crippen molar-refractivity contribution in [2.45, 2.75) is 37.8 Å². The number of nitro benzene ring substituents is 1. The molecule has 0 aliphatic heterocycles. The Kier molecular flexibility index (Phi) is 4.11. The van der Waals surface area contributed by atoms with E-state index in [4.69, 9.17) is 5.73 Å². The lowest BCUT2D eigenvalue weighted by atomic mass is 10.1. The van der Waals surface area contributed by atoms with Gasteiger partial charge in [0.1, 0.15) is 0 Å². The van der Waals surface area contributed by atoms with Crippen LogP contribution in [0.15, 0.2) is 24.3 Å². The fourth-order valence-electron chi connectivity index (χ4n) is 2.35. The van der Waals surface area contributed by atoms with E-state index in [-0.39, 0.29) is 30.1 Å². The third kappa shape index (κ3) is 3.51. The minimum absolute atomic E-state index is 0.0296. The van der Waals surface area contributed by atoms with E-state index < -0.39 is 4.92 Å². The van der Waals surface area contributed by atoms with E-state index >= 15 is 0 Å². The summed E-state index contributed by atoms with van der Waals surface area (Å²) in [6, 6.07) is 6.12. The highest BCUT2D eigenvalue weighted by Crippen LogP contribution is 2.17. The van der Waals surface area contributed by atoms with Crippen molar-refractivity contribution in [2.75, 3.05) is 0 Å². The number of amides is 1. The average Bonchev–Trinajstić information content (AvgIpc) is 2.75. The van der Waals surface area contributed by atoms with Crippen molar-refractivity contribution in [1.82, 2.24) is 5.32 Å². The maximum absolute atomic E-state index is 11.8. The Morgan fingerprint density at radius 1 is 1.37 bits per heavy atom. The third-order valence-electron chi connectivity index (χ3n) is 3.43. The second-order valence-corrected chi connectivity index (χ2v) is 4.87. The SMILES string of the molecule is NC1CCCC1NC(=O)Cc1ccc([N+](=O)[O-])cc1. The van der Waals surface area contributed by atoms with E-state index in [0.717, 1.165) is 24.8 Å². The van der Waals surface area contributed by atoms with Gasteiger partial charge in [0.25, 0.3) is 5.69 Å². The van der Waals surface area contributed by atoms with Crippen molar-refractivity contribution in [1.29, 1.82) is 0 Å². The fourth-order valence-corrected chi connectivity index (χ4v) is 2.35. The zero-order valence-corrected chi connectivity index (χ0v) is 10.5. The first-order valence-electron chi connectivity index (χ1n) is 6.34. The molecule has 0 heterocycles. The number of non-ortho nitro benzene ring substituents is 1. The molecule has 1 saturated carbocycles. The molecule has 1 aromatic carbocycles. The summed E-state index contributed by atoms with van der Waals surface area (Å²) in [6.07, 6.45) is 3.14. The van der Waals surface area contributed by atoms with Crippen molar-refractivity contribution in [2.24, 2.45) is 5.73 Å². The van der Waals surface area contributed by atoms with Crippen LogP contribution in [0.3, 0.4) is 0 Å². The smallest absolute Gasteiger partial charge is 0.269 e. The first kappa shape index (κ1) is 13.5. The van der Waals surface area contributed by atoms with Crippen LogP contribution in [0.4, 0.5) is 5.69 Å². The first-order valence-corrected chi connectivity index (χ1v) is 6.34. The van der Waals surface area contributed by atoms with Crippen molar-refractivity contribution in [3.8, 4) is 0 Å². The highest BCUT2D eigenvalue weighted by atomic mass is 16.6. The molecule has 1 aliphatic rings.